The van der Waals surface area contributed by atoms with Crippen molar-refractivity contribution in [3.63, 3.8) is 0 Å². The van der Waals surface area contributed by atoms with Crippen LogP contribution in [0.2, 0.25) is 0 Å². The van der Waals surface area contributed by atoms with E-state index < -0.39 is 11.9 Å². The van der Waals surface area contributed by atoms with Gasteiger partial charge in [-0.05, 0) is 93.2 Å². The van der Waals surface area contributed by atoms with E-state index in [-0.39, 0.29) is 17.2 Å². The van der Waals surface area contributed by atoms with Crippen molar-refractivity contribution in [2.24, 2.45) is 28.9 Å². The SMILES string of the molecule is NC(=O)C1CCCCN1C(=O)c1ccc(CNC(=O)C23CC4CC(CC(C4)C2)C3)cc1. The fraction of sp³-hybridized carbons (Fsp3) is 0.640. The Morgan fingerprint density at radius 3 is 2.16 bits per heavy atom. The number of likely N-dealkylation sites (tertiary alicyclic amines) is 1. The zero-order chi connectivity index (χ0) is 21.6. The predicted molar refractivity (Wildman–Crippen MR) is 117 cm³/mol. The van der Waals surface area contributed by atoms with E-state index in [9.17, 15) is 14.4 Å². The van der Waals surface area contributed by atoms with Crippen LogP contribution >= 0.6 is 0 Å². The zero-order valence-electron chi connectivity index (χ0n) is 18.1. The average molecular weight is 424 g/mol. The van der Waals surface area contributed by atoms with Gasteiger partial charge in [-0.25, -0.2) is 0 Å². The van der Waals surface area contributed by atoms with Crippen molar-refractivity contribution in [3.8, 4) is 0 Å². The lowest BCUT2D eigenvalue weighted by Gasteiger charge is -2.55. The fourth-order valence-electron chi connectivity index (χ4n) is 7.16. The highest BCUT2D eigenvalue weighted by molar-refractivity contribution is 5.97. The van der Waals surface area contributed by atoms with E-state index in [2.05, 4.69) is 5.32 Å². The number of hydrogen-bond donors (Lipinski definition) is 2. The summed E-state index contributed by atoms with van der Waals surface area (Å²) < 4.78 is 0. The largest absolute Gasteiger partial charge is 0.368 e. The van der Waals surface area contributed by atoms with Crippen molar-refractivity contribution in [3.05, 3.63) is 35.4 Å². The molecule has 1 heterocycles. The topological polar surface area (TPSA) is 92.5 Å². The molecule has 6 heteroatoms. The molecular formula is C25H33N3O3. The van der Waals surface area contributed by atoms with Gasteiger partial charge in [0.1, 0.15) is 6.04 Å². The Labute approximate surface area is 183 Å². The first-order valence-corrected chi connectivity index (χ1v) is 11.9. The van der Waals surface area contributed by atoms with E-state index in [4.69, 9.17) is 5.73 Å². The van der Waals surface area contributed by atoms with Crippen LogP contribution in [0, 0.1) is 23.2 Å². The average Bonchev–Trinajstić information content (AvgIpc) is 2.76. The molecule has 5 aliphatic rings. The van der Waals surface area contributed by atoms with Crippen LogP contribution < -0.4 is 11.1 Å². The Balaban J connectivity index is 1.20. The molecule has 0 spiro atoms. The number of rotatable bonds is 5. The summed E-state index contributed by atoms with van der Waals surface area (Å²) in [7, 11) is 0. The van der Waals surface area contributed by atoms with E-state index in [1.165, 1.54) is 19.3 Å². The maximum Gasteiger partial charge on any atom is 0.254 e. The van der Waals surface area contributed by atoms with Gasteiger partial charge < -0.3 is 16.0 Å². The summed E-state index contributed by atoms with van der Waals surface area (Å²) in [5.41, 5.74) is 6.91. The maximum absolute atomic E-state index is 13.1. The van der Waals surface area contributed by atoms with Gasteiger partial charge in [0.15, 0.2) is 0 Å². The number of amides is 3. The fourth-order valence-corrected chi connectivity index (χ4v) is 7.16. The number of primary amides is 1. The number of piperidine rings is 1. The minimum Gasteiger partial charge on any atom is -0.368 e. The molecule has 1 aliphatic heterocycles. The van der Waals surface area contributed by atoms with Crippen molar-refractivity contribution >= 4 is 17.7 Å². The quantitative estimate of drug-likeness (QED) is 0.762. The summed E-state index contributed by atoms with van der Waals surface area (Å²) in [5, 5.41) is 3.19. The first kappa shape index (κ1) is 20.5. The normalized spacial score (nSPS) is 33.9. The van der Waals surface area contributed by atoms with Crippen molar-refractivity contribution in [1.82, 2.24) is 10.2 Å². The van der Waals surface area contributed by atoms with Crippen LogP contribution in [0.5, 0.6) is 0 Å². The Hall–Kier alpha value is -2.37. The Kier molecular flexibility index (Phi) is 5.27. The van der Waals surface area contributed by atoms with Crippen LogP contribution in [-0.2, 0) is 16.1 Å². The second kappa shape index (κ2) is 7.95. The van der Waals surface area contributed by atoms with Gasteiger partial charge >= 0.3 is 0 Å². The molecule has 6 nitrogen and oxygen atoms in total. The Bertz CT molecular complexity index is 843. The lowest BCUT2D eigenvalue weighted by molar-refractivity contribution is -0.146. The number of nitrogens with zero attached hydrogens (tertiary/aromatic N) is 1. The first-order valence-electron chi connectivity index (χ1n) is 11.9. The van der Waals surface area contributed by atoms with E-state index in [0.717, 1.165) is 55.4 Å². The molecule has 31 heavy (non-hydrogen) atoms. The van der Waals surface area contributed by atoms with Gasteiger partial charge in [-0.15, -0.1) is 0 Å². The number of benzene rings is 1. The highest BCUT2D eigenvalue weighted by Gasteiger charge is 2.54. The molecule has 6 rings (SSSR count). The lowest BCUT2D eigenvalue weighted by atomic mass is 9.49. The number of carbonyl (C=O) groups is 3. The van der Waals surface area contributed by atoms with E-state index in [1.807, 2.05) is 12.1 Å². The summed E-state index contributed by atoms with van der Waals surface area (Å²) >= 11 is 0. The van der Waals surface area contributed by atoms with E-state index in [1.54, 1.807) is 17.0 Å². The molecule has 5 fully saturated rings. The second-order valence-corrected chi connectivity index (χ2v) is 10.5. The van der Waals surface area contributed by atoms with Crippen LogP contribution in [-0.4, -0.2) is 35.2 Å². The zero-order valence-corrected chi connectivity index (χ0v) is 18.1. The highest BCUT2D eigenvalue weighted by atomic mass is 16.2. The third kappa shape index (κ3) is 3.85. The number of nitrogens with one attached hydrogen (secondary N) is 1. The molecule has 0 radical (unpaired) electrons. The standard InChI is InChI=1S/C25H33N3O3/c26-22(29)21-3-1-2-8-28(21)23(30)20-6-4-16(5-7-20)15-27-24(31)25-12-17-9-18(13-25)11-19(10-17)14-25/h4-7,17-19,21H,1-3,8-15H2,(H2,26,29)(H,27,31). The summed E-state index contributed by atoms with van der Waals surface area (Å²) in [6.45, 7) is 1.05. The van der Waals surface area contributed by atoms with Crippen LogP contribution in [0.1, 0.15) is 73.7 Å². The van der Waals surface area contributed by atoms with E-state index >= 15 is 0 Å². The molecule has 4 bridgehead atoms. The van der Waals surface area contributed by atoms with Crippen LogP contribution in [0.4, 0.5) is 0 Å². The molecule has 1 unspecified atom stereocenters. The summed E-state index contributed by atoms with van der Waals surface area (Å²) in [6, 6.07) is 6.87. The molecule has 0 aromatic heterocycles. The predicted octanol–water partition coefficient (Wildman–Crippen LogP) is 3.00. The Morgan fingerprint density at radius 1 is 0.968 bits per heavy atom. The van der Waals surface area contributed by atoms with E-state index in [0.29, 0.717) is 25.1 Å². The molecule has 4 saturated carbocycles. The van der Waals surface area contributed by atoms with Gasteiger partial charge in [0.2, 0.25) is 11.8 Å². The molecule has 4 aliphatic carbocycles. The second-order valence-electron chi connectivity index (χ2n) is 10.5. The first-order chi connectivity index (χ1) is 14.9. The summed E-state index contributed by atoms with van der Waals surface area (Å²) in [6.07, 6.45) is 9.62. The smallest absolute Gasteiger partial charge is 0.254 e. The van der Waals surface area contributed by atoms with Crippen LogP contribution in [0.3, 0.4) is 0 Å². The summed E-state index contributed by atoms with van der Waals surface area (Å²) in [5.74, 6) is 1.90. The molecule has 1 aromatic carbocycles. The van der Waals surface area contributed by atoms with Gasteiger partial charge in [0.05, 0.1) is 0 Å². The molecule has 3 amide bonds. The van der Waals surface area contributed by atoms with Crippen molar-refractivity contribution < 1.29 is 14.4 Å². The summed E-state index contributed by atoms with van der Waals surface area (Å²) in [4.78, 5) is 39.4. The van der Waals surface area contributed by atoms with Crippen molar-refractivity contribution in [2.45, 2.75) is 70.4 Å². The molecule has 3 N–H and O–H groups in total. The molecular weight excluding hydrogens is 390 g/mol. The number of hydrogen-bond acceptors (Lipinski definition) is 3. The molecule has 1 atom stereocenters. The van der Waals surface area contributed by atoms with Gasteiger partial charge in [-0.1, -0.05) is 12.1 Å². The maximum atomic E-state index is 13.1. The monoisotopic (exact) mass is 423 g/mol. The number of nitrogens with two attached hydrogens (primary N) is 1. The third-order valence-corrected chi connectivity index (χ3v) is 8.27. The number of carbonyl (C=O) groups excluding carboxylic acids is 3. The van der Waals surface area contributed by atoms with Gasteiger partial charge in [-0.2, -0.15) is 0 Å². The van der Waals surface area contributed by atoms with Gasteiger partial charge in [0, 0.05) is 24.1 Å². The molecule has 166 valence electrons. The lowest BCUT2D eigenvalue weighted by Crippen LogP contribution is -2.53. The van der Waals surface area contributed by atoms with Gasteiger partial charge in [-0.3, -0.25) is 14.4 Å². The minimum atomic E-state index is -0.513. The van der Waals surface area contributed by atoms with Crippen LogP contribution in [0.15, 0.2) is 24.3 Å². The highest BCUT2D eigenvalue weighted by Crippen LogP contribution is 2.60. The molecule has 1 saturated heterocycles. The van der Waals surface area contributed by atoms with Crippen molar-refractivity contribution in [1.29, 1.82) is 0 Å². The van der Waals surface area contributed by atoms with Crippen molar-refractivity contribution in [2.75, 3.05) is 6.54 Å². The Morgan fingerprint density at radius 2 is 1.58 bits per heavy atom. The van der Waals surface area contributed by atoms with Crippen LogP contribution in [0.25, 0.3) is 0 Å². The van der Waals surface area contributed by atoms with Gasteiger partial charge in [0.25, 0.3) is 5.91 Å². The minimum absolute atomic E-state index is 0.136. The third-order valence-electron chi connectivity index (χ3n) is 8.27. The molecule has 1 aromatic rings.